The fourth-order valence-corrected chi connectivity index (χ4v) is 2.24. The molecule has 1 heterocycles. The first-order chi connectivity index (χ1) is 9.75. The van der Waals surface area contributed by atoms with Crippen LogP contribution >= 0.6 is 0 Å². The molecule has 4 nitrogen and oxygen atoms in total. The molecule has 0 bridgehead atoms. The summed E-state index contributed by atoms with van der Waals surface area (Å²) >= 11 is 0. The summed E-state index contributed by atoms with van der Waals surface area (Å²) in [6.45, 7) is 0.505. The van der Waals surface area contributed by atoms with Crippen molar-refractivity contribution in [1.29, 1.82) is 0 Å². The maximum Gasteiger partial charge on any atom is 0.272 e. The van der Waals surface area contributed by atoms with Gasteiger partial charge in [0.05, 0.1) is 5.52 Å². The second-order valence-corrected chi connectivity index (χ2v) is 4.66. The number of hydrogen-bond donors (Lipinski definition) is 1. The van der Waals surface area contributed by atoms with Gasteiger partial charge in [-0.1, -0.05) is 48.5 Å². The van der Waals surface area contributed by atoms with Crippen molar-refractivity contribution >= 4 is 16.8 Å². The van der Waals surface area contributed by atoms with E-state index in [0.29, 0.717) is 12.2 Å². The lowest BCUT2D eigenvalue weighted by atomic mass is 10.2. The highest BCUT2D eigenvalue weighted by Gasteiger charge is 2.14. The first kappa shape index (κ1) is 12.4. The number of carbonyl (C=O) groups is 1. The third-order valence-corrected chi connectivity index (χ3v) is 3.27. The Hall–Kier alpha value is -2.62. The number of para-hydroxylation sites is 1. The minimum Gasteiger partial charge on any atom is -0.347 e. The number of fused-ring (bicyclic) bond motifs is 1. The second kappa shape index (κ2) is 5.17. The van der Waals surface area contributed by atoms with Crippen molar-refractivity contribution in [2.45, 2.75) is 6.54 Å². The van der Waals surface area contributed by atoms with E-state index in [2.05, 4.69) is 10.4 Å². The van der Waals surface area contributed by atoms with Crippen molar-refractivity contribution in [3.05, 3.63) is 65.9 Å². The van der Waals surface area contributed by atoms with Crippen LogP contribution in [0, 0.1) is 0 Å². The molecule has 1 amide bonds. The molecule has 4 heteroatoms. The summed E-state index contributed by atoms with van der Waals surface area (Å²) in [4.78, 5) is 12.3. The molecule has 0 aliphatic rings. The number of amides is 1. The van der Waals surface area contributed by atoms with Gasteiger partial charge in [0.1, 0.15) is 0 Å². The van der Waals surface area contributed by atoms with Crippen LogP contribution in [0.15, 0.2) is 54.6 Å². The Balaban J connectivity index is 1.83. The zero-order chi connectivity index (χ0) is 13.9. The van der Waals surface area contributed by atoms with E-state index in [1.165, 1.54) is 0 Å². The van der Waals surface area contributed by atoms with E-state index in [0.717, 1.165) is 16.5 Å². The molecule has 0 radical (unpaired) electrons. The number of hydrogen-bond acceptors (Lipinski definition) is 2. The van der Waals surface area contributed by atoms with Crippen LogP contribution in [0.2, 0.25) is 0 Å². The van der Waals surface area contributed by atoms with Gasteiger partial charge < -0.3 is 5.32 Å². The van der Waals surface area contributed by atoms with Gasteiger partial charge in [0, 0.05) is 19.0 Å². The third-order valence-electron chi connectivity index (χ3n) is 3.27. The van der Waals surface area contributed by atoms with Crippen molar-refractivity contribution in [3.63, 3.8) is 0 Å². The molecule has 2 aromatic carbocycles. The average Bonchev–Trinajstić information content (AvgIpc) is 2.84. The Labute approximate surface area is 117 Å². The lowest BCUT2D eigenvalue weighted by Gasteiger charge is -2.03. The highest BCUT2D eigenvalue weighted by molar-refractivity contribution is 6.04. The average molecular weight is 265 g/mol. The number of aryl methyl sites for hydroxylation is 1. The van der Waals surface area contributed by atoms with E-state index in [1.807, 2.05) is 61.6 Å². The molecule has 3 rings (SSSR count). The largest absolute Gasteiger partial charge is 0.347 e. The summed E-state index contributed by atoms with van der Waals surface area (Å²) < 4.78 is 1.73. The van der Waals surface area contributed by atoms with Crippen LogP contribution in [-0.4, -0.2) is 15.7 Å². The van der Waals surface area contributed by atoms with Gasteiger partial charge >= 0.3 is 0 Å². The molecule has 0 aliphatic heterocycles. The Morgan fingerprint density at radius 1 is 1.10 bits per heavy atom. The maximum absolute atomic E-state index is 12.3. The normalized spacial score (nSPS) is 10.7. The molecule has 0 saturated carbocycles. The van der Waals surface area contributed by atoms with Crippen molar-refractivity contribution in [1.82, 2.24) is 15.1 Å². The zero-order valence-electron chi connectivity index (χ0n) is 11.2. The van der Waals surface area contributed by atoms with E-state index in [1.54, 1.807) is 4.68 Å². The van der Waals surface area contributed by atoms with Crippen molar-refractivity contribution in [2.75, 3.05) is 0 Å². The summed E-state index contributed by atoms with van der Waals surface area (Å²) in [5.41, 5.74) is 2.50. The van der Waals surface area contributed by atoms with Crippen molar-refractivity contribution in [3.8, 4) is 0 Å². The molecule has 0 saturated heterocycles. The fourth-order valence-electron chi connectivity index (χ4n) is 2.24. The van der Waals surface area contributed by atoms with Crippen LogP contribution < -0.4 is 5.32 Å². The Morgan fingerprint density at radius 3 is 2.60 bits per heavy atom. The summed E-state index contributed by atoms with van der Waals surface area (Å²) in [6, 6.07) is 17.6. The molecule has 0 fully saturated rings. The molecule has 100 valence electrons. The first-order valence-electron chi connectivity index (χ1n) is 6.49. The molecule has 0 spiro atoms. The zero-order valence-corrected chi connectivity index (χ0v) is 11.2. The second-order valence-electron chi connectivity index (χ2n) is 4.66. The van der Waals surface area contributed by atoms with E-state index >= 15 is 0 Å². The molecule has 0 unspecified atom stereocenters. The molecule has 0 aliphatic carbocycles. The van der Waals surface area contributed by atoms with Crippen LogP contribution in [-0.2, 0) is 13.6 Å². The lowest BCUT2D eigenvalue weighted by Crippen LogP contribution is -2.23. The molecule has 20 heavy (non-hydrogen) atoms. The highest BCUT2D eigenvalue weighted by atomic mass is 16.1. The van der Waals surface area contributed by atoms with E-state index in [4.69, 9.17) is 0 Å². The molecule has 0 atom stereocenters. The number of nitrogens with zero attached hydrogens (tertiary/aromatic N) is 2. The van der Waals surface area contributed by atoms with Crippen LogP contribution in [0.3, 0.4) is 0 Å². The number of benzene rings is 2. The van der Waals surface area contributed by atoms with E-state index in [-0.39, 0.29) is 5.91 Å². The van der Waals surface area contributed by atoms with E-state index < -0.39 is 0 Å². The van der Waals surface area contributed by atoms with E-state index in [9.17, 15) is 4.79 Å². The molecule has 1 N–H and O–H groups in total. The number of rotatable bonds is 3. The van der Waals surface area contributed by atoms with Crippen molar-refractivity contribution in [2.24, 2.45) is 7.05 Å². The number of nitrogens with one attached hydrogen (secondary N) is 1. The first-order valence-corrected chi connectivity index (χ1v) is 6.49. The van der Waals surface area contributed by atoms with Gasteiger partial charge in [0.2, 0.25) is 0 Å². The van der Waals surface area contributed by atoms with Gasteiger partial charge in [0.15, 0.2) is 5.69 Å². The lowest BCUT2D eigenvalue weighted by molar-refractivity contribution is 0.0947. The quantitative estimate of drug-likeness (QED) is 0.791. The predicted octanol–water partition coefficient (Wildman–Crippen LogP) is 2.50. The van der Waals surface area contributed by atoms with Gasteiger partial charge in [-0.25, -0.2) is 0 Å². The van der Waals surface area contributed by atoms with Gasteiger partial charge in [-0.05, 0) is 11.6 Å². The monoisotopic (exact) mass is 265 g/mol. The SMILES string of the molecule is Cn1nc(C(=O)NCc2ccccc2)c2ccccc21. The van der Waals surface area contributed by atoms with Crippen LogP contribution in [0.5, 0.6) is 0 Å². The Bertz CT molecular complexity index is 747. The van der Waals surface area contributed by atoms with Crippen molar-refractivity contribution < 1.29 is 4.79 Å². The summed E-state index contributed by atoms with van der Waals surface area (Å²) in [6.07, 6.45) is 0. The topological polar surface area (TPSA) is 46.9 Å². The Kier molecular flexibility index (Phi) is 3.21. The Morgan fingerprint density at radius 2 is 1.80 bits per heavy atom. The molecular weight excluding hydrogens is 250 g/mol. The maximum atomic E-state index is 12.3. The standard InChI is InChI=1S/C16H15N3O/c1-19-14-10-6-5-9-13(14)15(18-19)16(20)17-11-12-7-3-2-4-8-12/h2-10H,11H2,1H3,(H,17,20). The third kappa shape index (κ3) is 2.28. The van der Waals surface area contributed by atoms with Crippen LogP contribution in [0.4, 0.5) is 0 Å². The summed E-state index contributed by atoms with van der Waals surface area (Å²) in [5.74, 6) is -0.148. The van der Waals surface area contributed by atoms with Gasteiger partial charge in [0.25, 0.3) is 5.91 Å². The van der Waals surface area contributed by atoms with Crippen LogP contribution in [0.25, 0.3) is 10.9 Å². The van der Waals surface area contributed by atoms with Gasteiger partial charge in [-0.3, -0.25) is 9.48 Å². The summed E-state index contributed by atoms with van der Waals surface area (Å²) in [5, 5.41) is 8.09. The smallest absolute Gasteiger partial charge is 0.272 e. The summed E-state index contributed by atoms with van der Waals surface area (Å²) in [7, 11) is 1.84. The number of carbonyl (C=O) groups excluding carboxylic acids is 1. The predicted molar refractivity (Wildman–Crippen MR) is 78.3 cm³/mol. The van der Waals surface area contributed by atoms with Gasteiger partial charge in [-0.2, -0.15) is 5.10 Å². The fraction of sp³-hybridized carbons (Fsp3) is 0.125. The highest BCUT2D eigenvalue weighted by Crippen LogP contribution is 2.17. The van der Waals surface area contributed by atoms with Crippen LogP contribution in [0.1, 0.15) is 16.1 Å². The minimum atomic E-state index is -0.148. The molecule has 1 aromatic heterocycles. The van der Waals surface area contributed by atoms with Gasteiger partial charge in [-0.15, -0.1) is 0 Å². The molecular formula is C16H15N3O. The number of aromatic nitrogens is 2. The minimum absolute atomic E-state index is 0.148. The molecule has 3 aromatic rings.